The molecule has 6 heteroatoms. The zero-order valence-electron chi connectivity index (χ0n) is 9.69. The van der Waals surface area contributed by atoms with Crippen LogP contribution < -0.4 is 0 Å². The smallest absolute Gasteiger partial charge is 0.214 e. The Morgan fingerprint density at radius 2 is 2.11 bits per heavy atom. The van der Waals surface area contributed by atoms with Crippen LogP contribution in [0.1, 0.15) is 19.3 Å². The average molecular weight is 260 g/mol. The molecule has 5 nitrogen and oxygen atoms in total. The summed E-state index contributed by atoms with van der Waals surface area (Å²) >= 11 is 1.59. The predicted molar refractivity (Wildman–Crippen MR) is 67.7 cm³/mol. The number of thioether (sulfide) groups is 1. The number of nitrogens with zero attached hydrogens (tertiary/aromatic N) is 4. The van der Waals surface area contributed by atoms with Gasteiger partial charge in [0.25, 0.3) is 0 Å². The molecule has 1 fully saturated rings. The van der Waals surface area contributed by atoms with Gasteiger partial charge in [0.1, 0.15) is 5.78 Å². The van der Waals surface area contributed by atoms with E-state index in [-0.39, 0.29) is 0 Å². The molecule has 1 aromatic heterocycles. The van der Waals surface area contributed by atoms with Crippen molar-refractivity contribution in [3.8, 4) is 5.69 Å². The third-order valence-electron chi connectivity index (χ3n) is 2.91. The van der Waals surface area contributed by atoms with Crippen LogP contribution in [0.15, 0.2) is 35.5 Å². The fourth-order valence-electron chi connectivity index (χ4n) is 2.01. The van der Waals surface area contributed by atoms with Crippen LogP contribution >= 0.6 is 11.8 Å². The first-order chi connectivity index (χ1) is 8.83. The van der Waals surface area contributed by atoms with Crippen LogP contribution in [0.25, 0.3) is 5.69 Å². The summed E-state index contributed by atoms with van der Waals surface area (Å²) in [6, 6.07) is 9.77. The van der Waals surface area contributed by atoms with Gasteiger partial charge < -0.3 is 0 Å². The van der Waals surface area contributed by atoms with E-state index in [2.05, 4.69) is 15.5 Å². The lowest BCUT2D eigenvalue weighted by Gasteiger charge is -2.07. The number of tetrazole rings is 1. The van der Waals surface area contributed by atoms with Crippen molar-refractivity contribution in [3.05, 3.63) is 30.3 Å². The van der Waals surface area contributed by atoms with Gasteiger partial charge in [-0.05, 0) is 29.0 Å². The molecule has 1 aliphatic carbocycles. The molecule has 2 aromatic rings. The van der Waals surface area contributed by atoms with Crippen LogP contribution in [0.5, 0.6) is 0 Å². The van der Waals surface area contributed by atoms with Crippen LogP contribution in [-0.4, -0.2) is 31.2 Å². The van der Waals surface area contributed by atoms with Crippen molar-refractivity contribution in [2.24, 2.45) is 0 Å². The summed E-state index contributed by atoms with van der Waals surface area (Å²) < 4.78 is 1.72. The number of benzene rings is 1. The second kappa shape index (κ2) is 4.89. The van der Waals surface area contributed by atoms with Crippen LogP contribution in [-0.2, 0) is 4.79 Å². The number of para-hydroxylation sites is 1. The number of aromatic nitrogens is 4. The van der Waals surface area contributed by atoms with Crippen LogP contribution in [0.4, 0.5) is 0 Å². The molecule has 0 N–H and O–H groups in total. The SMILES string of the molecule is O=C1CCC(Sc2nnnn2-c2ccccc2)C1. The van der Waals surface area contributed by atoms with Crippen molar-refractivity contribution >= 4 is 17.5 Å². The minimum absolute atomic E-state index is 0.311. The topological polar surface area (TPSA) is 60.7 Å². The van der Waals surface area contributed by atoms with E-state index in [0.717, 1.165) is 17.3 Å². The van der Waals surface area contributed by atoms with E-state index in [0.29, 0.717) is 23.9 Å². The van der Waals surface area contributed by atoms with Gasteiger partial charge in [-0.2, -0.15) is 4.68 Å². The molecule has 1 aliphatic rings. The fourth-order valence-corrected chi connectivity index (χ4v) is 3.14. The van der Waals surface area contributed by atoms with Crippen molar-refractivity contribution in [2.75, 3.05) is 0 Å². The molecular formula is C12H12N4OS. The van der Waals surface area contributed by atoms with E-state index in [9.17, 15) is 4.79 Å². The molecule has 92 valence electrons. The number of carbonyl (C=O) groups excluding carboxylic acids is 1. The lowest BCUT2D eigenvalue weighted by atomic mass is 10.3. The summed E-state index contributed by atoms with van der Waals surface area (Å²) in [6.45, 7) is 0. The van der Waals surface area contributed by atoms with Crippen LogP contribution in [0.2, 0.25) is 0 Å². The van der Waals surface area contributed by atoms with Crippen molar-refractivity contribution in [1.29, 1.82) is 0 Å². The number of rotatable bonds is 3. The molecule has 1 aromatic carbocycles. The third kappa shape index (κ3) is 2.28. The van der Waals surface area contributed by atoms with Crippen molar-refractivity contribution < 1.29 is 4.79 Å². The average Bonchev–Trinajstić information content (AvgIpc) is 3.00. The Labute approximate surface area is 109 Å². The van der Waals surface area contributed by atoms with E-state index in [1.54, 1.807) is 16.4 Å². The normalized spacial score (nSPS) is 19.3. The molecule has 0 bridgehead atoms. The Morgan fingerprint density at radius 1 is 1.28 bits per heavy atom. The molecule has 1 unspecified atom stereocenters. The Balaban J connectivity index is 1.82. The summed E-state index contributed by atoms with van der Waals surface area (Å²) in [5.74, 6) is 0.339. The monoisotopic (exact) mass is 260 g/mol. The molecule has 0 amide bonds. The lowest BCUT2D eigenvalue weighted by molar-refractivity contribution is -0.117. The second-order valence-corrected chi connectivity index (χ2v) is 5.50. The summed E-state index contributed by atoms with van der Waals surface area (Å²) in [5.41, 5.74) is 0.939. The highest BCUT2D eigenvalue weighted by atomic mass is 32.2. The van der Waals surface area contributed by atoms with E-state index in [4.69, 9.17) is 0 Å². The van der Waals surface area contributed by atoms with Gasteiger partial charge in [0.05, 0.1) is 5.69 Å². The van der Waals surface area contributed by atoms with Gasteiger partial charge in [0.15, 0.2) is 0 Å². The number of ketones is 1. The number of hydrogen-bond donors (Lipinski definition) is 0. The molecule has 0 spiro atoms. The number of hydrogen-bond acceptors (Lipinski definition) is 5. The summed E-state index contributed by atoms with van der Waals surface area (Å²) in [5, 5.41) is 12.8. The molecule has 0 radical (unpaired) electrons. The Kier molecular flexibility index (Phi) is 3.10. The molecule has 1 heterocycles. The van der Waals surface area contributed by atoms with Gasteiger partial charge in [0.2, 0.25) is 5.16 Å². The Hall–Kier alpha value is -1.69. The van der Waals surface area contributed by atoms with Gasteiger partial charge in [0, 0.05) is 18.1 Å². The summed E-state index contributed by atoms with van der Waals surface area (Å²) in [4.78, 5) is 11.3. The zero-order valence-corrected chi connectivity index (χ0v) is 10.5. The van der Waals surface area contributed by atoms with E-state index < -0.39 is 0 Å². The van der Waals surface area contributed by atoms with Gasteiger partial charge in [-0.25, -0.2) is 0 Å². The fraction of sp³-hybridized carbons (Fsp3) is 0.333. The molecule has 3 rings (SSSR count). The van der Waals surface area contributed by atoms with Gasteiger partial charge in [-0.1, -0.05) is 30.0 Å². The van der Waals surface area contributed by atoms with Crippen LogP contribution in [0.3, 0.4) is 0 Å². The second-order valence-electron chi connectivity index (χ2n) is 4.23. The number of Topliss-reactive ketones (excluding diaryl/α,β-unsaturated/α-hetero) is 1. The zero-order chi connectivity index (χ0) is 12.4. The lowest BCUT2D eigenvalue weighted by Crippen LogP contribution is -2.03. The standard InChI is InChI=1S/C12H12N4OS/c17-10-6-7-11(8-10)18-12-13-14-15-16(12)9-4-2-1-3-5-9/h1-5,11H,6-8H2. The summed E-state index contributed by atoms with van der Waals surface area (Å²) in [7, 11) is 0. The first-order valence-electron chi connectivity index (χ1n) is 5.85. The first-order valence-corrected chi connectivity index (χ1v) is 6.73. The van der Waals surface area contributed by atoms with Gasteiger partial charge >= 0.3 is 0 Å². The maximum atomic E-state index is 11.3. The van der Waals surface area contributed by atoms with Crippen molar-refractivity contribution in [1.82, 2.24) is 20.2 Å². The highest BCUT2D eigenvalue weighted by Gasteiger charge is 2.25. The van der Waals surface area contributed by atoms with Crippen molar-refractivity contribution in [3.63, 3.8) is 0 Å². The number of carbonyl (C=O) groups is 1. The van der Waals surface area contributed by atoms with Crippen LogP contribution in [0, 0.1) is 0 Å². The van der Waals surface area contributed by atoms with Gasteiger partial charge in [-0.15, -0.1) is 5.10 Å². The highest BCUT2D eigenvalue weighted by Crippen LogP contribution is 2.32. The minimum Gasteiger partial charge on any atom is -0.300 e. The Morgan fingerprint density at radius 3 is 2.83 bits per heavy atom. The quantitative estimate of drug-likeness (QED) is 0.843. The van der Waals surface area contributed by atoms with E-state index >= 15 is 0 Å². The maximum Gasteiger partial charge on any atom is 0.214 e. The highest BCUT2D eigenvalue weighted by molar-refractivity contribution is 7.99. The first kappa shape index (κ1) is 11.4. The maximum absolute atomic E-state index is 11.3. The predicted octanol–water partition coefficient (Wildman–Crippen LogP) is 1.88. The molecule has 1 atom stereocenters. The summed E-state index contributed by atoms with van der Waals surface area (Å²) in [6.07, 6.45) is 2.24. The Bertz CT molecular complexity index is 554. The minimum atomic E-state index is 0.311. The molecule has 18 heavy (non-hydrogen) atoms. The third-order valence-corrected chi connectivity index (χ3v) is 4.12. The molecular weight excluding hydrogens is 248 g/mol. The molecule has 0 saturated heterocycles. The van der Waals surface area contributed by atoms with E-state index in [1.165, 1.54) is 0 Å². The molecule has 0 aliphatic heterocycles. The largest absolute Gasteiger partial charge is 0.300 e. The molecule has 1 saturated carbocycles. The van der Waals surface area contributed by atoms with Crippen molar-refractivity contribution in [2.45, 2.75) is 29.7 Å². The van der Waals surface area contributed by atoms with E-state index in [1.807, 2.05) is 30.3 Å². The van der Waals surface area contributed by atoms with Gasteiger partial charge in [-0.3, -0.25) is 4.79 Å².